The van der Waals surface area contributed by atoms with Gasteiger partial charge in [-0.1, -0.05) is 32.9 Å². The van der Waals surface area contributed by atoms with E-state index in [1.807, 2.05) is 6.92 Å². The van der Waals surface area contributed by atoms with E-state index in [0.717, 1.165) is 25.1 Å². The number of hydrogen-bond acceptors (Lipinski definition) is 3. The Morgan fingerprint density at radius 1 is 1.42 bits per heavy atom. The van der Waals surface area contributed by atoms with Crippen LogP contribution >= 0.6 is 0 Å². The molecule has 1 saturated carbocycles. The molecule has 0 aromatic carbocycles. The molecule has 0 aromatic heterocycles. The molecular formula is C16H32N2O. The Bertz CT molecular complexity index is 301. The lowest BCUT2D eigenvalue weighted by molar-refractivity contribution is 0.0684. The van der Waals surface area contributed by atoms with Crippen LogP contribution in [0.3, 0.4) is 0 Å². The zero-order chi connectivity index (χ0) is 14.5. The van der Waals surface area contributed by atoms with Gasteiger partial charge in [-0.15, -0.1) is 0 Å². The van der Waals surface area contributed by atoms with Crippen LogP contribution in [0.15, 0.2) is 12.2 Å². The van der Waals surface area contributed by atoms with Gasteiger partial charge in [-0.05, 0) is 37.5 Å². The summed E-state index contributed by atoms with van der Waals surface area (Å²) in [6, 6.07) is 0. The number of ether oxygens (including phenoxy) is 1. The van der Waals surface area contributed by atoms with Crippen molar-refractivity contribution in [3.63, 3.8) is 0 Å². The highest BCUT2D eigenvalue weighted by Crippen LogP contribution is 2.43. The lowest BCUT2D eigenvalue weighted by Gasteiger charge is -2.48. The lowest BCUT2D eigenvalue weighted by Crippen LogP contribution is -2.59. The molecule has 0 aliphatic heterocycles. The number of nitrogens with one attached hydrogen (secondary N) is 1. The fourth-order valence-electron chi connectivity index (χ4n) is 3.19. The minimum Gasteiger partial charge on any atom is -0.376 e. The van der Waals surface area contributed by atoms with Crippen LogP contribution in [0.1, 0.15) is 47.0 Å². The third kappa shape index (κ3) is 4.90. The van der Waals surface area contributed by atoms with Gasteiger partial charge in [-0.3, -0.25) is 0 Å². The molecule has 0 amide bonds. The molecule has 3 nitrogen and oxygen atoms in total. The van der Waals surface area contributed by atoms with Crippen molar-refractivity contribution in [2.75, 3.05) is 26.3 Å². The standard InChI is InChI=1S/C16H32N2O/c1-13(2)11-19-9-8-18-16(12-17)7-6-15(4,5)10-14(16)3/h14,18H,1,6-12,17H2,2-5H3. The highest BCUT2D eigenvalue weighted by atomic mass is 16.5. The third-order valence-electron chi connectivity index (χ3n) is 4.49. The summed E-state index contributed by atoms with van der Waals surface area (Å²) < 4.78 is 5.55. The molecule has 1 aliphatic rings. The van der Waals surface area contributed by atoms with Crippen molar-refractivity contribution in [1.82, 2.24) is 5.32 Å². The fourth-order valence-corrected chi connectivity index (χ4v) is 3.19. The van der Waals surface area contributed by atoms with Gasteiger partial charge in [0.15, 0.2) is 0 Å². The van der Waals surface area contributed by atoms with Gasteiger partial charge < -0.3 is 15.8 Å². The quantitative estimate of drug-likeness (QED) is 0.551. The van der Waals surface area contributed by atoms with Crippen LogP contribution in [-0.2, 0) is 4.74 Å². The zero-order valence-electron chi connectivity index (χ0n) is 13.2. The van der Waals surface area contributed by atoms with Crippen molar-refractivity contribution in [1.29, 1.82) is 0 Å². The highest BCUT2D eigenvalue weighted by molar-refractivity contribution is 5.00. The largest absolute Gasteiger partial charge is 0.376 e. The third-order valence-corrected chi connectivity index (χ3v) is 4.49. The lowest BCUT2D eigenvalue weighted by atomic mass is 9.64. The van der Waals surface area contributed by atoms with Crippen LogP contribution in [0.5, 0.6) is 0 Å². The first-order valence-electron chi connectivity index (χ1n) is 7.48. The minimum absolute atomic E-state index is 0.0993. The average Bonchev–Trinajstić information content (AvgIpc) is 2.31. The van der Waals surface area contributed by atoms with E-state index < -0.39 is 0 Å². The molecule has 0 saturated heterocycles. The molecule has 0 aromatic rings. The zero-order valence-corrected chi connectivity index (χ0v) is 13.2. The van der Waals surface area contributed by atoms with Crippen LogP contribution in [-0.4, -0.2) is 31.8 Å². The normalized spacial score (nSPS) is 30.3. The van der Waals surface area contributed by atoms with E-state index in [1.54, 1.807) is 0 Å². The van der Waals surface area contributed by atoms with E-state index >= 15 is 0 Å². The van der Waals surface area contributed by atoms with Crippen LogP contribution in [0, 0.1) is 11.3 Å². The van der Waals surface area contributed by atoms with Crippen LogP contribution in [0.25, 0.3) is 0 Å². The van der Waals surface area contributed by atoms with Crippen molar-refractivity contribution < 1.29 is 4.74 Å². The van der Waals surface area contributed by atoms with E-state index in [1.165, 1.54) is 12.8 Å². The second-order valence-corrected chi connectivity index (χ2v) is 7.07. The van der Waals surface area contributed by atoms with Crippen molar-refractivity contribution in [3.05, 3.63) is 12.2 Å². The summed E-state index contributed by atoms with van der Waals surface area (Å²) in [6.07, 6.45) is 3.65. The Morgan fingerprint density at radius 3 is 2.63 bits per heavy atom. The average molecular weight is 268 g/mol. The topological polar surface area (TPSA) is 47.3 Å². The molecule has 2 atom stereocenters. The summed E-state index contributed by atoms with van der Waals surface area (Å²) in [4.78, 5) is 0. The first-order valence-corrected chi connectivity index (χ1v) is 7.48. The minimum atomic E-state index is 0.0993. The summed E-state index contributed by atoms with van der Waals surface area (Å²) >= 11 is 0. The van der Waals surface area contributed by atoms with Crippen LogP contribution < -0.4 is 11.1 Å². The molecule has 0 spiro atoms. The van der Waals surface area contributed by atoms with Crippen molar-refractivity contribution in [2.24, 2.45) is 17.1 Å². The maximum atomic E-state index is 6.06. The molecule has 3 heteroatoms. The second kappa shape index (κ2) is 6.87. The maximum Gasteiger partial charge on any atom is 0.0672 e. The van der Waals surface area contributed by atoms with E-state index in [9.17, 15) is 0 Å². The molecule has 19 heavy (non-hydrogen) atoms. The maximum absolute atomic E-state index is 6.06. The summed E-state index contributed by atoms with van der Waals surface area (Å²) in [5.41, 5.74) is 7.69. The molecule has 0 bridgehead atoms. The Morgan fingerprint density at radius 2 is 2.11 bits per heavy atom. The van der Waals surface area contributed by atoms with Crippen LogP contribution in [0.2, 0.25) is 0 Å². The predicted octanol–water partition coefficient (Wildman–Crippen LogP) is 2.71. The number of rotatable bonds is 7. The van der Waals surface area contributed by atoms with Gasteiger partial charge >= 0.3 is 0 Å². The highest BCUT2D eigenvalue weighted by Gasteiger charge is 2.42. The fraction of sp³-hybridized carbons (Fsp3) is 0.875. The first-order chi connectivity index (χ1) is 8.81. The van der Waals surface area contributed by atoms with Crippen LogP contribution in [0.4, 0.5) is 0 Å². The molecule has 1 fully saturated rings. The summed E-state index contributed by atoms with van der Waals surface area (Å²) in [7, 11) is 0. The Balaban J connectivity index is 2.41. The number of hydrogen-bond donors (Lipinski definition) is 2. The van der Waals surface area contributed by atoms with Gasteiger partial charge in [0.25, 0.3) is 0 Å². The van der Waals surface area contributed by atoms with Gasteiger partial charge in [-0.25, -0.2) is 0 Å². The van der Waals surface area contributed by atoms with E-state index in [0.29, 0.717) is 24.5 Å². The van der Waals surface area contributed by atoms with Gasteiger partial charge in [-0.2, -0.15) is 0 Å². The van der Waals surface area contributed by atoms with Gasteiger partial charge in [0.2, 0.25) is 0 Å². The Kier molecular flexibility index (Phi) is 6.03. The summed E-state index contributed by atoms with van der Waals surface area (Å²) in [5.74, 6) is 0.613. The van der Waals surface area contributed by atoms with E-state index in [4.69, 9.17) is 10.5 Å². The van der Waals surface area contributed by atoms with Gasteiger partial charge in [0, 0.05) is 18.6 Å². The summed E-state index contributed by atoms with van der Waals surface area (Å²) in [5, 5.41) is 3.67. The molecule has 0 radical (unpaired) electrons. The SMILES string of the molecule is C=C(C)COCCNC1(CN)CCC(C)(C)CC1C. The van der Waals surface area contributed by atoms with Gasteiger partial charge in [0.1, 0.15) is 0 Å². The monoisotopic (exact) mass is 268 g/mol. The first kappa shape index (κ1) is 16.7. The Labute approximate surface area is 119 Å². The van der Waals surface area contributed by atoms with Crippen molar-refractivity contribution in [3.8, 4) is 0 Å². The molecule has 112 valence electrons. The Hall–Kier alpha value is -0.380. The predicted molar refractivity (Wildman–Crippen MR) is 82.2 cm³/mol. The summed E-state index contributed by atoms with van der Waals surface area (Å²) in [6.45, 7) is 15.8. The van der Waals surface area contributed by atoms with E-state index in [2.05, 4.69) is 32.7 Å². The molecule has 0 heterocycles. The second-order valence-electron chi connectivity index (χ2n) is 7.07. The molecule has 2 unspecified atom stereocenters. The molecule has 1 rings (SSSR count). The van der Waals surface area contributed by atoms with E-state index in [-0.39, 0.29) is 5.54 Å². The molecule has 3 N–H and O–H groups in total. The molecule has 1 aliphatic carbocycles. The molecular weight excluding hydrogens is 236 g/mol. The van der Waals surface area contributed by atoms with Crippen molar-refractivity contribution >= 4 is 0 Å². The smallest absolute Gasteiger partial charge is 0.0672 e. The number of nitrogens with two attached hydrogens (primary N) is 1. The van der Waals surface area contributed by atoms with Gasteiger partial charge in [0.05, 0.1) is 13.2 Å². The van der Waals surface area contributed by atoms with Crippen molar-refractivity contribution in [2.45, 2.75) is 52.5 Å².